The number of hydrogen-bond acceptors (Lipinski definition) is 3. The molecule has 0 radical (unpaired) electrons. The molecule has 2 atom stereocenters. The minimum absolute atomic E-state index is 0.246. The SMILES string of the molecule is O=C(O)CCCC=C1CC2CC3(CC2C1)OCCO3. The monoisotopic (exact) mass is 266 g/mol. The first kappa shape index (κ1) is 13.1. The predicted molar refractivity (Wildman–Crippen MR) is 69.7 cm³/mol. The smallest absolute Gasteiger partial charge is 0.303 e. The maximum absolute atomic E-state index is 10.5. The first-order chi connectivity index (χ1) is 9.17. The van der Waals surface area contributed by atoms with Crippen molar-refractivity contribution in [3.8, 4) is 0 Å². The molecule has 1 saturated heterocycles. The summed E-state index contributed by atoms with van der Waals surface area (Å²) in [4.78, 5) is 10.5. The first-order valence-corrected chi connectivity index (χ1v) is 7.34. The fourth-order valence-corrected chi connectivity index (χ4v) is 3.91. The van der Waals surface area contributed by atoms with Gasteiger partial charge in [0.05, 0.1) is 13.2 Å². The Morgan fingerprint density at radius 3 is 2.47 bits per heavy atom. The summed E-state index contributed by atoms with van der Waals surface area (Å²) in [6.07, 6.45) is 8.61. The molecule has 0 amide bonds. The van der Waals surface area contributed by atoms with E-state index in [9.17, 15) is 4.79 Å². The van der Waals surface area contributed by atoms with Gasteiger partial charge < -0.3 is 14.6 Å². The van der Waals surface area contributed by atoms with Crippen molar-refractivity contribution in [2.45, 2.75) is 50.7 Å². The van der Waals surface area contributed by atoms with Crippen molar-refractivity contribution in [1.29, 1.82) is 0 Å². The Bertz CT molecular complexity index is 364. The summed E-state index contributed by atoms with van der Waals surface area (Å²) >= 11 is 0. The summed E-state index contributed by atoms with van der Waals surface area (Å²) in [7, 11) is 0. The van der Waals surface area contributed by atoms with Crippen molar-refractivity contribution < 1.29 is 19.4 Å². The lowest BCUT2D eigenvalue weighted by molar-refractivity contribution is -0.154. The number of fused-ring (bicyclic) bond motifs is 1. The summed E-state index contributed by atoms with van der Waals surface area (Å²) in [5.74, 6) is 0.483. The number of allylic oxidation sites excluding steroid dienone is 2. The van der Waals surface area contributed by atoms with Gasteiger partial charge in [0.2, 0.25) is 0 Å². The number of ether oxygens (including phenoxy) is 2. The molecule has 106 valence electrons. The van der Waals surface area contributed by atoms with Gasteiger partial charge in [-0.2, -0.15) is 0 Å². The minimum atomic E-state index is -0.695. The number of carbonyl (C=O) groups is 1. The van der Waals surface area contributed by atoms with Gasteiger partial charge in [-0.25, -0.2) is 0 Å². The highest BCUT2D eigenvalue weighted by Crippen LogP contribution is 2.53. The zero-order chi connectivity index (χ0) is 13.3. The highest BCUT2D eigenvalue weighted by atomic mass is 16.7. The second-order valence-corrected chi connectivity index (χ2v) is 6.09. The lowest BCUT2D eigenvalue weighted by Gasteiger charge is -2.22. The second kappa shape index (κ2) is 5.25. The number of carboxylic acids is 1. The van der Waals surface area contributed by atoms with Crippen LogP contribution in [-0.4, -0.2) is 30.1 Å². The maximum atomic E-state index is 10.5. The van der Waals surface area contributed by atoms with Crippen molar-refractivity contribution in [3.63, 3.8) is 0 Å². The number of aliphatic carboxylic acids is 1. The minimum Gasteiger partial charge on any atom is -0.481 e. The summed E-state index contributed by atoms with van der Waals surface area (Å²) in [5.41, 5.74) is 1.52. The molecule has 1 aliphatic heterocycles. The van der Waals surface area contributed by atoms with Crippen LogP contribution in [0.5, 0.6) is 0 Å². The molecule has 19 heavy (non-hydrogen) atoms. The molecular formula is C15H22O4. The fourth-order valence-electron chi connectivity index (χ4n) is 3.91. The van der Waals surface area contributed by atoms with Crippen molar-refractivity contribution in [2.24, 2.45) is 11.8 Å². The molecule has 0 aromatic carbocycles. The summed E-state index contributed by atoms with van der Waals surface area (Å²) in [5, 5.41) is 8.61. The molecule has 1 spiro atoms. The van der Waals surface area contributed by atoms with Crippen LogP contribution in [0.4, 0.5) is 0 Å². The Morgan fingerprint density at radius 2 is 1.89 bits per heavy atom. The van der Waals surface area contributed by atoms with E-state index in [0.717, 1.165) is 51.7 Å². The Kier molecular flexibility index (Phi) is 3.63. The third-order valence-corrected chi connectivity index (χ3v) is 4.70. The molecular weight excluding hydrogens is 244 g/mol. The van der Waals surface area contributed by atoms with Crippen LogP contribution < -0.4 is 0 Å². The van der Waals surface area contributed by atoms with Gasteiger partial charge in [-0.15, -0.1) is 0 Å². The topological polar surface area (TPSA) is 55.8 Å². The van der Waals surface area contributed by atoms with Crippen LogP contribution in [-0.2, 0) is 14.3 Å². The van der Waals surface area contributed by atoms with E-state index in [1.807, 2.05) is 0 Å². The normalized spacial score (nSPS) is 31.9. The Morgan fingerprint density at radius 1 is 1.26 bits per heavy atom. The predicted octanol–water partition coefficient (Wildman–Crippen LogP) is 2.73. The lowest BCUT2D eigenvalue weighted by Crippen LogP contribution is -2.26. The third kappa shape index (κ3) is 2.84. The Labute approximate surface area is 113 Å². The van der Waals surface area contributed by atoms with Gasteiger partial charge in [0.1, 0.15) is 0 Å². The molecule has 3 rings (SSSR count). The average molecular weight is 266 g/mol. The molecule has 0 aromatic rings. The Balaban J connectivity index is 1.48. The van der Waals surface area contributed by atoms with Gasteiger partial charge in [-0.1, -0.05) is 11.6 Å². The lowest BCUT2D eigenvalue weighted by atomic mass is 10.0. The van der Waals surface area contributed by atoms with E-state index in [2.05, 4.69) is 6.08 Å². The average Bonchev–Trinajstić information content (AvgIpc) is 3.01. The van der Waals surface area contributed by atoms with Gasteiger partial charge in [-0.05, 0) is 37.5 Å². The number of rotatable bonds is 4. The van der Waals surface area contributed by atoms with Crippen LogP contribution in [0.15, 0.2) is 11.6 Å². The number of carboxylic acid groups (broad SMARTS) is 1. The number of unbranched alkanes of at least 4 members (excludes halogenated alkanes) is 1. The Hall–Kier alpha value is -0.870. The molecule has 4 nitrogen and oxygen atoms in total. The highest BCUT2D eigenvalue weighted by molar-refractivity contribution is 5.66. The van der Waals surface area contributed by atoms with Crippen LogP contribution >= 0.6 is 0 Å². The van der Waals surface area contributed by atoms with E-state index in [0.29, 0.717) is 11.8 Å². The van der Waals surface area contributed by atoms with E-state index < -0.39 is 5.97 Å². The van der Waals surface area contributed by atoms with Crippen LogP contribution in [0.1, 0.15) is 44.9 Å². The van der Waals surface area contributed by atoms with Crippen molar-refractivity contribution in [2.75, 3.05) is 13.2 Å². The zero-order valence-electron chi connectivity index (χ0n) is 11.3. The zero-order valence-corrected chi connectivity index (χ0v) is 11.3. The maximum Gasteiger partial charge on any atom is 0.303 e. The van der Waals surface area contributed by atoms with E-state index >= 15 is 0 Å². The number of hydrogen-bond donors (Lipinski definition) is 1. The van der Waals surface area contributed by atoms with Gasteiger partial charge in [0, 0.05) is 19.3 Å². The van der Waals surface area contributed by atoms with E-state index in [1.165, 1.54) is 5.57 Å². The van der Waals surface area contributed by atoms with Crippen molar-refractivity contribution >= 4 is 5.97 Å². The van der Waals surface area contributed by atoms with E-state index in [-0.39, 0.29) is 12.2 Å². The third-order valence-electron chi connectivity index (χ3n) is 4.70. The molecule has 2 saturated carbocycles. The first-order valence-electron chi connectivity index (χ1n) is 7.34. The van der Waals surface area contributed by atoms with Crippen LogP contribution in [0.25, 0.3) is 0 Å². The molecule has 0 bridgehead atoms. The molecule has 3 aliphatic rings. The van der Waals surface area contributed by atoms with Crippen molar-refractivity contribution in [1.82, 2.24) is 0 Å². The van der Waals surface area contributed by atoms with Gasteiger partial charge in [-0.3, -0.25) is 4.79 Å². The van der Waals surface area contributed by atoms with E-state index in [1.54, 1.807) is 0 Å². The van der Waals surface area contributed by atoms with Crippen LogP contribution in [0.2, 0.25) is 0 Å². The van der Waals surface area contributed by atoms with Gasteiger partial charge >= 0.3 is 5.97 Å². The largest absolute Gasteiger partial charge is 0.481 e. The summed E-state index contributed by atoms with van der Waals surface area (Å²) in [6.45, 7) is 1.49. The molecule has 0 aromatic heterocycles. The standard InChI is InChI=1S/C15H22O4/c16-14(17)4-2-1-3-11-7-12-9-15(10-13(12)8-11)18-5-6-19-15/h3,12-13H,1-2,4-10H2,(H,16,17). The molecule has 2 aliphatic carbocycles. The van der Waals surface area contributed by atoms with Crippen molar-refractivity contribution in [3.05, 3.63) is 11.6 Å². The van der Waals surface area contributed by atoms with Crippen LogP contribution in [0.3, 0.4) is 0 Å². The molecule has 1 N–H and O–H groups in total. The van der Waals surface area contributed by atoms with E-state index in [4.69, 9.17) is 14.6 Å². The molecule has 3 fully saturated rings. The molecule has 2 unspecified atom stereocenters. The van der Waals surface area contributed by atoms with Crippen LogP contribution in [0, 0.1) is 11.8 Å². The fraction of sp³-hybridized carbons (Fsp3) is 0.800. The summed E-state index contributed by atoms with van der Waals surface area (Å²) in [6, 6.07) is 0. The molecule has 1 heterocycles. The van der Waals surface area contributed by atoms with Gasteiger partial charge in [0.25, 0.3) is 0 Å². The highest BCUT2D eigenvalue weighted by Gasteiger charge is 2.51. The summed E-state index contributed by atoms with van der Waals surface area (Å²) < 4.78 is 11.6. The second-order valence-electron chi connectivity index (χ2n) is 6.09. The van der Waals surface area contributed by atoms with Gasteiger partial charge in [0.15, 0.2) is 5.79 Å². The quantitative estimate of drug-likeness (QED) is 0.628. The molecule has 4 heteroatoms.